The van der Waals surface area contributed by atoms with E-state index in [-0.39, 0.29) is 11.2 Å². The lowest BCUT2D eigenvalue weighted by Gasteiger charge is -2.43. The van der Waals surface area contributed by atoms with Crippen LogP contribution in [0.5, 0.6) is 0 Å². The fourth-order valence-corrected chi connectivity index (χ4v) is 2.67. The molecule has 0 saturated carbocycles. The first kappa shape index (κ1) is 11.7. The molecule has 0 spiro atoms. The van der Waals surface area contributed by atoms with Gasteiger partial charge in [0.2, 0.25) is 0 Å². The lowest BCUT2D eigenvalue weighted by atomic mass is 9.83. The molecular formula is C15H22O. The van der Waals surface area contributed by atoms with Gasteiger partial charge in [0.15, 0.2) is 0 Å². The van der Waals surface area contributed by atoms with E-state index in [9.17, 15) is 0 Å². The van der Waals surface area contributed by atoms with Gasteiger partial charge < -0.3 is 4.74 Å². The number of aryl methyl sites for hydroxylation is 1. The quantitative estimate of drug-likeness (QED) is 0.686. The van der Waals surface area contributed by atoms with Crippen LogP contribution in [0.15, 0.2) is 24.3 Å². The van der Waals surface area contributed by atoms with Crippen LogP contribution >= 0.6 is 0 Å². The highest BCUT2D eigenvalue weighted by atomic mass is 16.5. The highest BCUT2D eigenvalue weighted by molar-refractivity contribution is 5.26. The van der Waals surface area contributed by atoms with Crippen molar-refractivity contribution >= 4 is 0 Å². The van der Waals surface area contributed by atoms with E-state index in [4.69, 9.17) is 4.74 Å². The zero-order valence-corrected chi connectivity index (χ0v) is 10.8. The molecule has 1 heteroatoms. The van der Waals surface area contributed by atoms with Crippen molar-refractivity contribution in [1.82, 2.24) is 0 Å². The van der Waals surface area contributed by atoms with Gasteiger partial charge in [-0.1, -0.05) is 29.8 Å². The second kappa shape index (κ2) is 3.89. The maximum atomic E-state index is 6.29. The summed E-state index contributed by atoms with van der Waals surface area (Å²) in [4.78, 5) is 0. The van der Waals surface area contributed by atoms with E-state index in [2.05, 4.69) is 52.0 Å². The predicted molar refractivity (Wildman–Crippen MR) is 67.5 cm³/mol. The van der Waals surface area contributed by atoms with Crippen LogP contribution in [0.3, 0.4) is 0 Å². The van der Waals surface area contributed by atoms with Crippen molar-refractivity contribution in [3.63, 3.8) is 0 Å². The summed E-state index contributed by atoms with van der Waals surface area (Å²) >= 11 is 0. The third-order valence-electron chi connectivity index (χ3n) is 3.60. The molecule has 0 aliphatic carbocycles. The average Bonchev–Trinajstić information content (AvgIpc) is 2.16. The summed E-state index contributed by atoms with van der Waals surface area (Å²) < 4.78 is 6.29. The molecule has 0 amide bonds. The summed E-state index contributed by atoms with van der Waals surface area (Å²) in [5.41, 5.74) is 2.53. The second-order valence-corrected chi connectivity index (χ2v) is 5.81. The van der Waals surface area contributed by atoms with Gasteiger partial charge in [0.1, 0.15) is 0 Å². The number of hydrogen-bond donors (Lipinski definition) is 0. The number of ether oxygens (including phenoxy) is 1. The summed E-state index contributed by atoms with van der Waals surface area (Å²) in [5, 5.41) is 0. The Morgan fingerprint density at radius 2 is 1.62 bits per heavy atom. The fourth-order valence-electron chi connectivity index (χ4n) is 2.67. The minimum atomic E-state index is -0.102. The fraction of sp³-hybridized carbons (Fsp3) is 0.600. The van der Waals surface area contributed by atoms with Crippen LogP contribution in [0, 0.1) is 6.92 Å². The molecule has 1 aromatic carbocycles. The first-order valence-corrected chi connectivity index (χ1v) is 6.19. The molecule has 0 aromatic heterocycles. The summed E-state index contributed by atoms with van der Waals surface area (Å²) in [5.74, 6) is 0. The van der Waals surface area contributed by atoms with Crippen molar-refractivity contribution in [3.8, 4) is 0 Å². The van der Waals surface area contributed by atoms with Crippen molar-refractivity contribution in [2.45, 2.75) is 58.2 Å². The monoisotopic (exact) mass is 218 g/mol. The van der Waals surface area contributed by atoms with E-state index in [1.165, 1.54) is 17.5 Å². The Morgan fingerprint density at radius 1 is 1.00 bits per heavy atom. The van der Waals surface area contributed by atoms with Gasteiger partial charge in [-0.25, -0.2) is 0 Å². The van der Waals surface area contributed by atoms with Crippen molar-refractivity contribution in [1.29, 1.82) is 0 Å². The summed E-state index contributed by atoms with van der Waals surface area (Å²) in [6, 6.07) is 8.75. The number of benzene rings is 1. The van der Waals surface area contributed by atoms with E-state index in [1.807, 2.05) is 0 Å². The Morgan fingerprint density at radius 3 is 2.19 bits per heavy atom. The SMILES string of the molecule is Cc1ccc(C2(C)CCCC(C)(C)O2)cc1. The van der Waals surface area contributed by atoms with Gasteiger partial charge in [-0.2, -0.15) is 0 Å². The number of rotatable bonds is 1. The molecule has 1 nitrogen and oxygen atoms in total. The molecule has 1 aliphatic heterocycles. The van der Waals surface area contributed by atoms with Gasteiger partial charge in [-0.05, 0) is 52.5 Å². The highest BCUT2D eigenvalue weighted by Crippen LogP contribution is 2.41. The van der Waals surface area contributed by atoms with Gasteiger partial charge in [-0.3, -0.25) is 0 Å². The normalized spacial score (nSPS) is 29.0. The van der Waals surface area contributed by atoms with Gasteiger partial charge in [0.25, 0.3) is 0 Å². The molecule has 1 unspecified atom stereocenters. The minimum absolute atomic E-state index is 0.0118. The molecule has 88 valence electrons. The Kier molecular flexibility index (Phi) is 2.83. The summed E-state index contributed by atoms with van der Waals surface area (Å²) in [7, 11) is 0. The largest absolute Gasteiger partial charge is 0.365 e. The van der Waals surface area contributed by atoms with E-state index < -0.39 is 0 Å². The molecule has 0 N–H and O–H groups in total. The van der Waals surface area contributed by atoms with Gasteiger partial charge in [0.05, 0.1) is 11.2 Å². The van der Waals surface area contributed by atoms with E-state index in [0.717, 1.165) is 12.8 Å². The molecule has 1 fully saturated rings. The summed E-state index contributed by atoms with van der Waals surface area (Å²) in [6.45, 7) is 8.73. The van der Waals surface area contributed by atoms with Crippen LogP contribution in [-0.4, -0.2) is 5.60 Å². The molecule has 2 rings (SSSR count). The van der Waals surface area contributed by atoms with Gasteiger partial charge in [0, 0.05) is 0 Å². The van der Waals surface area contributed by atoms with Crippen LogP contribution in [0.2, 0.25) is 0 Å². The van der Waals surface area contributed by atoms with Crippen LogP contribution in [-0.2, 0) is 10.3 Å². The Bertz CT molecular complexity index is 364. The lowest BCUT2D eigenvalue weighted by molar-refractivity contribution is -0.170. The van der Waals surface area contributed by atoms with Crippen molar-refractivity contribution in [2.75, 3.05) is 0 Å². The molecule has 1 aromatic rings. The van der Waals surface area contributed by atoms with Crippen LogP contribution in [0.4, 0.5) is 0 Å². The van der Waals surface area contributed by atoms with Gasteiger partial charge >= 0.3 is 0 Å². The molecule has 1 atom stereocenters. The topological polar surface area (TPSA) is 9.23 Å². The Hall–Kier alpha value is -0.820. The standard InChI is InChI=1S/C15H22O/c1-12-6-8-13(9-7-12)15(4)11-5-10-14(2,3)16-15/h6-9H,5,10-11H2,1-4H3. The van der Waals surface area contributed by atoms with Crippen LogP contribution in [0.25, 0.3) is 0 Å². The maximum Gasteiger partial charge on any atom is 0.0910 e. The van der Waals surface area contributed by atoms with Crippen molar-refractivity contribution in [3.05, 3.63) is 35.4 Å². The average molecular weight is 218 g/mol. The first-order chi connectivity index (χ1) is 7.41. The van der Waals surface area contributed by atoms with Crippen LogP contribution in [0.1, 0.15) is 51.2 Å². The molecule has 0 bridgehead atoms. The maximum absolute atomic E-state index is 6.29. The highest BCUT2D eigenvalue weighted by Gasteiger charge is 2.38. The zero-order valence-electron chi connectivity index (χ0n) is 10.8. The lowest BCUT2D eigenvalue weighted by Crippen LogP contribution is -2.41. The Labute approximate surface area is 98.8 Å². The molecule has 16 heavy (non-hydrogen) atoms. The van der Waals surface area contributed by atoms with Crippen molar-refractivity contribution in [2.24, 2.45) is 0 Å². The predicted octanol–water partition coefficient (Wildman–Crippen LogP) is 4.19. The van der Waals surface area contributed by atoms with Gasteiger partial charge in [-0.15, -0.1) is 0 Å². The third kappa shape index (κ3) is 2.30. The first-order valence-electron chi connectivity index (χ1n) is 6.19. The molecule has 1 heterocycles. The molecule has 1 saturated heterocycles. The molecule has 1 aliphatic rings. The second-order valence-electron chi connectivity index (χ2n) is 5.81. The Balaban J connectivity index is 2.27. The molecule has 0 radical (unpaired) electrons. The smallest absolute Gasteiger partial charge is 0.0910 e. The minimum Gasteiger partial charge on any atom is -0.365 e. The molecular weight excluding hydrogens is 196 g/mol. The van der Waals surface area contributed by atoms with E-state index in [1.54, 1.807) is 0 Å². The van der Waals surface area contributed by atoms with Crippen molar-refractivity contribution < 1.29 is 4.74 Å². The van der Waals surface area contributed by atoms with E-state index in [0.29, 0.717) is 0 Å². The zero-order chi connectivity index (χ0) is 11.8. The third-order valence-corrected chi connectivity index (χ3v) is 3.60. The van der Waals surface area contributed by atoms with E-state index >= 15 is 0 Å². The summed E-state index contributed by atoms with van der Waals surface area (Å²) in [6.07, 6.45) is 3.53. The number of hydrogen-bond acceptors (Lipinski definition) is 1. The van der Waals surface area contributed by atoms with Crippen LogP contribution < -0.4 is 0 Å².